The molecule has 1 aliphatic heterocycles. The highest BCUT2D eigenvalue weighted by Crippen LogP contribution is 2.21. The molecule has 1 unspecified atom stereocenters. The van der Waals surface area contributed by atoms with Crippen LogP contribution in [0.3, 0.4) is 0 Å². The Morgan fingerprint density at radius 1 is 1.22 bits per heavy atom. The monoisotopic (exact) mass is 321 g/mol. The Labute approximate surface area is 136 Å². The molecule has 1 aromatic carbocycles. The number of unbranched alkanes of at least 4 members (excludes halogenated alkanes) is 3. The molecule has 0 aromatic heterocycles. The average Bonchev–Trinajstić information content (AvgIpc) is 3.04. The van der Waals surface area contributed by atoms with Crippen molar-refractivity contribution < 1.29 is 18.7 Å². The predicted molar refractivity (Wildman–Crippen MR) is 85.6 cm³/mol. The Morgan fingerprint density at radius 2 is 1.96 bits per heavy atom. The maximum atomic E-state index is 13.0. The van der Waals surface area contributed by atoms with Crippen molar-refractivity contribution in [3.8, 4) is 0 Å². The van der Waals surface area contributed by atoms with Gasteiger partial charge in [-0.2, -0.15) is 0 Å². The van der Waals surface area contributed by atoms with Crippen LogP contribution >= 0.6 is 0 Å². The lowest BCUT2D eigenvalue weighted by molar-refractivity contribution is -0.148. The number of nitrogens with zero attached hydrogens (tertiary/aromatic N) is 1. The third-order valence-electron chi connectivity index (χ3n) is 4.12. The second kappa shape index (κ2) is 8.65. The highest BCUT2D eigenvalue weighted by atomic mass is 19.1. The highest BCUT2D eigenvalue weighted by molar-refractivity contribution is 5.97. The number of carbonyl (C=O) groups is 2. The van der Waals surface area contributed by atoms with E-state index in [0.29, 0.717) is 25.1 Å². The molecular weight excluding hydrogens is 297 g/mol. The van der Waals surface area contributed by atoms with Crippen molar-refractivity contribution in [1.29, 1.82) is 0 Å². The summed E-state index contributed by atoms with van der Waals surface area (Å²) in [5, 5.41) is 0. The van der Waals surface area contributed by atoms with Crippen molar-refractivity contribution >= 4 is 11.9 Å². The topological polar surface area (TPSA) is 46.6 Å². The molecule has 0 saturated carbocycles. The van der Waals surface area contributed by atoms with E-state index < -0.39 is 6.04 Å². The molecule has 2 rings (SSSR count). The van der Waals surface area contributed by atoms with Gasteiger partial charge in [0, 0.05) is 12.1 Å². The number of benzene rings is 1. The molecule has 0 bridgehead atoms. The van der Waals surface area contributed by atoms with Crippen molar-refractivity contribution in [2.45, 2.75) is 51.5 Å². The third-order valence-corrected chi connectivity index (χ3v) is 4.12. The predicted octanol–water partition coefficient (Wildman–Crippen LogP) is 3.55. The van der Waals surface area contributed by atoms with Crippen LogP contribution in [0.15, 0.2) is 24.3 Å². The maximum absolute atomic E-state index is 13.0. The first-order valence-corrected chi connectivity index (χ1v) is 8.36. The van der Waals surface area contributed by atoms with Gasteiger partial charge in [-0.3, -0.25) is 4.79 Å². The Morgan fingerprint density at radius 3 is 2.65 bits per heavy atom. The molecule has 1 saturated heterocycles. The summed E-state index contributed by atoms with van der Waals surface area (Å²) in [4.78, 5) is 26.2. The fourth-order valence-electron chi connectivity index (χ4n) is 2.81. The Bertz CT molecular complexity index is 530. The third kappa shape index (κ3) is 4.78. The summed E-state index contributed by atoms with van der Waals surface area (Å²) >= 11 is 0. The number of likely N-dealkylation sites (tertiary alicyclic amines) is 1. The summed E-state index contributed by atoms with van der Waals surface area (Å²) in [5.74, 6) is -0.948. The van der Waals surface area contributed by atoms with Gasteiger partial charge in [0.05, 0.1) is 6.61 Å². The first-order valence-electron chi connectivity index (χ1n) is 8.36. The van der Waals surface area contributed by atoms with E-state index in [4.69, 9.17) is 4.74 Å². The highest BCUT2D eigenvalue weighted by Gasteiger charge is 2.35. The molecule has 23 heavy (non-hydrogen) atoms. The second-order valence-corrected chi connectivity index (χ2v) is 5.89. The second-order valence-electron chi connectivity index (χ2n) is 5.89. The summed E-state index contributed by atoms with van der Waals surface area (Å²) < 4.78 is 18.3. The zero-order chi connectivity index (χ0) is 16.7. The first-order chi connectivity index (χ1) is 11.1. The van der Waals surface area contributed by atoms with Crippen LogP contribution in [-0.2, 0) is 9.53 Å². The number of hydrogen-bond acceptors (Lipinski definition) is 3. The van der Waals surface area contributed by atoms with Crippen molar-refractivity contribution in [3.63, 3.8) is 0 Å². The summed E-state index contributed by atoms with van der Waals surface area (Å²) in [6.07, 6.45) is 5.58. The van der Waals surface area contributed by atoms with Crippen molar-refractivity contribution in [2.75, 3.05) is 13.2 Å². The van der Waals surface area contributed by atoms with Gasteiger partial charge in [-0.15, -0.1) is 0 Å². The van der Waals surface area contributed by atoms with Crippen LogP contribution in [0.1, 0.15) is 55.8 Å². The van der Waals surface area contributed by atoms with Crippen LogP contribution in [0.25, 0.3) is 0 Å². The van der Waals surface area contributed by atoms with Crippen LogP contribution in [0.2, 0.25) is 0 Å². The van der Waals surface area contributed by atoms with Gasteiger partial charge in [0.1, 0.15) is 11.9 Å². The first kappa shape index (κ1) is 17.4. The van der Waals surface area contributed by atoms with Gasteiger partial charge >= 0.3 is 5.97 Å². The Hall–Kier alpha value is -1.91. The SMILES string of the molecule is CCCCCCOC(=O)C1CCCN1C(=O)c1ccc(F)cc1. The fraction of sp³-hybridized carbons (Fsp3) is 0.556. The van der Waals surface area contributed by atoms with E-state index in [0.717, 1.165) is 32.1 Å². The minimum absolute atomic E-state index is 0.240. The minimum atomic E-state index is -0.515. The van der Waals surface area contributed by atoms with E-state index in [2.05, 4.69) is 6.92 Å². The van der Waals surface area contributed by atoms with Gasteiger partial charge < -0.3 is 9.64 Å². The van der Waals surface area contributed by atoms with Crippen LogP contribution < -0.4 is 0 Å². The summed E-state index contributed by atoms with van der Waals surface area (Å²) in [6.45, 7) is 3.07. The van der Waals surface area contributed by atoms with Crippen molar-refractivity contribution in [3.05, 3.63) is 35.6 Å². The number of ether oxygens (including phenoxy) is 1. The van der Waals surface area contributed by atoms with Gasteiger partial charge in [-0.25, -0.2) is 9.18 Å². The van der Waals surface area contributed by atoms with Crippen molar-refractivity contribution in [1.82, 2.24) is 4.90 Å². The lowest BCUT2D eigenvalue weighted by Crippen LogP contribution is -2.41. The van der Waals surface area contributed by atoms with Crippen LogP contribution in [0.4, 0.5) is 4.39 Å². The molecule has 4 nitrogen and oxygen atoms in total. The number of hydrogen-bond donors (Lipinski definition) is 0. The standard InChI is InChI=1S/C18H24FNO3/c1-2-3-4-5-13-23-18(22)16-7-6-12-20(16)17(21)14-8-10-15(19)11-9-14/h8-11,16H,2-7,12-13H2,1H3. The number of esters is 1. The summed E-state index contributed by atoms with van der Waals surface area (Å²) in [6, 6.07) is 4.89. The number of rotatable bonds is 7. The number of carbonyl (C=O) groups excluding carboxylic acids is 2. The molecule has 1 fully saturated rings. The number of amides is 1. The summed E-state index contributed by atoms with van der Waals surface area (Å²) in [5.41, 5.74) is 0.397. The van der Waals surface area contributed by atoms with Gasteiger partial charge in [0.25, 0.3) is 5.91 Å². The molecule has 0 aliphatic carbocycles. The largest absolute Gasteiger partial charge is 0.464 e. The normalized spacial score (nSPS) is 17.3. The van der Waals surface area contributed by atoms with Gasteiger partial charge in [0.2, 0.25) is 0 Å². The lowest BCUT2D eigenvalue weighted by atomic mass is 10.1. The van der Waals surface area contributed by atoms with Gasteiger partial charge in [-0.05, 0) is 43.5 Å². The van der Waals surface area contributed by atoms with E-state index >= 15 is 0 Å². The Kier molecular flexibility index (Phi) is 6.56. The molecule has 1 heterocycles. The van der Waals surface area contributed by atoms with Gasteiger partial charge in [-0.1, -0.05) is 26.2 Å². The fourth-order valence-corrected chi connectivity index (χ4v) is 2.81. The average molecular weight is 321 g/mol. The molecule has 126 valence electrons. The minimum Gasteiger partial charge on any atom is -0.464 e. The zero-order valence-corrected chi connectivity index (χ0v) is 13.6. The quantitative estimate of drug-likeness (QED) is 0.570. The molecule has 1 atom stereocenters. The van der Waals surface area contributed by atoms with E-state index in [1.165, 1.54) is 24.3 Å². The van der Waals surface area contributed by atoms with E-state index in [1.54, 1.807) is 4.90 Å². The van der Waals surface area contributed by atoms with E-state index in [-0.39, 0.29) is 17.7 Å². The molecule has 0 N–H and O–H groups in total. The van der Waals surface area contributed by atoms with Gasteiger partial charge in [0.15, 0.2) is 0 Å². The number of halogens is 1. The molecule has 0 spiro atoms. The molecular formula is C18H24FNO3. The zero-order valence-electron chi connectivity index (χ0n) is 13.6. The smallest absolute Gasteiger partial charge is 0.328 e. The van der Waals surface area contributed by atoms with Crippen LogP contribution in [0.5, 0.6) is 0 Å². The van der Waals surface area contributed by atoms with Crippen LogP contribution in [0, 0.1) is 5.82 Å². The molecule has 5 heteroatoms. The summed E-state index contributed by atoms with van der Waals surface area (Å²) in [7, 11) is 0. The van der Waals surface area contributed by atoms with Crippen molar-refractivity contribution in [2.24, 2.45) is 0 Å². The molecule has 0 radical (unpaired) electrons. The molecule has 1 aromatic rings. The maximum Gasteiger partial charge on any atom is 0.328 e. The molecule has 1 amide bonds. The molecule has 1 aliphatic rings. The Balaban J connectivity index is 1.90. The van der Waals surface area contributed by atoms with Crippen LogP contribution in [-0.4, -0.2) is 36.0 Å². The lowest BCUT2D eigenvalue weighted by Gasteiger charge is -2.23. The van der Waals surface area contributed by atoms with E-state index in [9.17, 15) is 14.0 Å². The van der Waals surface area contributed by atoms with E-state index in [1.807, 2.05) is 0 Å².